The molecule has 6 heteroatoms. The van der Waals surface area contributed by atoms with Gasteiger partial charge < -0.3 is 10.1 Å². The molecule has 2 rings (SSSR count). The van der Waals surface area contributed by atoms with Gasteiger partial charge in [-0.15, -0.1) is 0 Å². The quantitative estimate of drug-likeness (QED) is 0.744. The van der Waals surface area contributed by atoms with Crippen molar-refractivity contribution in [3.63, 3.8) is 0 Å². The van der Waals surface area contributed by atoms with Gasteiger partial charge in [0.1, 0.15) is 5.75 Å². The maximum absolute atomic E-state index is 12.1. The third-order valence-electron chi connectivity index (χ3n) is 4.00. The molecule has 0 radical (unpaired) electrons. The number of benzene rings is 2. The van der Waals surface area contributed by atoms with Crippen molar-refractivity contribution in [2.75, 3.05) is 20.1 Å². The molecule has 1 amide bonds. The predicted molar refractivity (Wildman–Crippen MR) is 97.3 cm³/mol. The molecule has 0 aliphatic heterocycles. The number of aryl methyl sites for hydroxylation is 1. The van der Waals surface area contributed by atoms with Crippen LogP contribution in [-0.2, 0) is 17.8 Å². The van der Waals surface area contributed by atoms with Gasteiger partial charge >= 0.3 is 6.61 Å². The maximum Gasteiger partial charge on any atom is 0.387 e. The SMILES string of the molecule is Cc1ccccc1CN(C)CC(=O)NCCc1ccc(OC(F)F)cc1. The molecule has 0 saturated heterocycles. The average Bonchev–Trinajstić information content (AvgIpc) is 2.58. The van der Waals surface area contributed by atoms with Gasteiger partial charge in [-0.25, -0.2) is 0 Å². The highest BCUT2D eigenvalue weighted by molar-refractivity contribution is 5.77. The topological polar surface area (TPSA) is 41.6 Å². The van der Waals surface area contributed by atoms with Crippen LogP contribution in [-0.4, -0.2) is 37.6 Å². The smallest absolute Gasteiger partial charge is 0.387 e. The average molecular weight is 362 g/mol. The van der Waals surface area contributed by atoms with Crippen LogP contribution in [0.4, 0.5) is 8.78 Å². The summed E-state index contributed by atoms with van der Waals surface area (Å²) in [6.45, 7) is 0.755. The van der Waals surface area contributed by atoms with Crippen LogP contribution in [0.15, 0.2) is 48.5 Å². The Morgan fingerprint density at radius 1 is 1.15 bits per heavy atom. The van der Waals surface area contributed by atoms with E-state index in [0.717, 1.165) is 5.56 Å². The highest BCUT2D eigenvalue weighted by atomic mass is 19.3. The summed E-state index contributed by atoms with van der Waals surface area (Å²) in [4.78, 5) is 14.0. The zero-order chi connectivity index (χ0) is 18.9. The summed E-state index contributed by atoms with van der Waals surface area (Å²) >= 11 is 0. The highest BCUT2D eigenvalue weighted by Gasteiger charge is 2.08. The predicted octanol–water partition coefficient (Wildman–Crippen LogP) is 3.39. The van der Waals surface area contributed by atoms with Crippen molar-refractivity contribution in [2.45, 2.75) is 26.5 Å². The fourth-order valence-corrected chi connectivity index (χ4v) is 2.62. The summed E-state index contributed by atoms with van der Waals surface area (Å²) in [6.07, 6.45) is 0.627. The normalized spacial score (nSPS) is 11.0. The molecule has 0 fully saturated rings. The molecule has 2 aromatic carbocycles. The van der Waals surface area contributed by atoms with Crippen LogP contribution in [0.5, 0.6) is 5.75 Å². The van der Waals surface area contributed by atoms with Gasteiger partial charge in [0.05, 0.1) is 6.54 Å². The summed E-state index contributed by atoms with van der Waals surface area (Å²) in [5, 5.41) is 2.88. The molecule has 0 aliphatic carbocycles. The summed E-state index contributed by atoms with van der Waals surface area (Å²) < 4.78 is 28.5. The van der Waals surface area contributed by atoms with E-state index in [2.05, 4.69) is 29.1 Å². The van der Waals surface area contributed by atoms with Crippen LogP contribution in [0.25, 0.3) is 0 Å². The number of ether oxygens (including phenoxy) is 1. The monoisotopic (exact) mass is 362 g/mol. The Morgan fingerprint density at radius 2 is 1.85 bits per heavy atom. The lowest BCUT2D eigenvalue weighted by Gasteiger charge is -2.17. The number of nitrogens with zero attached hydrogens (tertiary/aromatic N) is 1. The minimum absolute atomic E-state index is 0.0428. The molecule has 0 bridgehead atoms. The molecule has 140 valence electrons. The van der Waals surface area contributed by atoms with Gasteiger partial charge in [-0.2, -0.15) is 8.78 Å². The molecule has 0 unspecified atom stereocenters. The third kappa shape index (κ3) is 6.80. The Morgan fingerprint density at radius 3 is 2.50 bits per heavy atom. The van der Waals surface area contributed by atoms with Crippen LogP contribution >= 0.6 is 0 Å². The van der Waals surface area contributed by atoms with Crippen LogP contribution < -0.4 is 10.1 Å². The van der Waals surface area contributed by atoms with E-state index >= 15 is 0 Å². The van der Waals surface area contributed by atoms with Gasteiger partial charge in [0.15, 0.2) is 0 Å². The Labute approximate surface area is 152 Å². The van der Waals surface area contributed by atoms with Gasteiger partial charge in [0.25, 0.3) is 0 Å². The van der Waals surface area contributed by atoms with Gasteiger partial charge in [-0.1, -0.05) is 36.4 Å². The van der Waals surface area contributed by atoms with Crippen LogP contribution in [0.2, 0.25) is 0 Å². The number of halogens is 2. The minimum atomic E-state index is -2.82. The van der Waals surface area contributed by atoms with Crippen molar-refractivity contribution in [2.24, 2.45) is 0 Å². The molecule has 0 atom stereocenters. The van der Waals surface area contributed by atoms with E-state index in [1.165, 1.54) is 23.3 Å². The fourth-order valence-electron chi connectivity index (χ4n) is 2.62. The molecular formula is C20H24F2N2O2. The first-order valence-electron chi connectivity index (χ1n) is 8.47. The standard InChI is InChI=1S/C20H24F2N2O2/c1-15-5-3-4-6-17(15)13-24(2)14-19(25)23-12-11-16-7-9-18(10-8-16)26-20(21)22/h3-10,20H,11-14H2,1-2H3,(H,23,25). The molecule has 0 heterocycles. The van der Waals surface area contributed by atoms with Crippen LogP contribution in [0.3, 0.4) is 0 Å². The van der Waals surface area contributed by atoms with Crippen LogP contribution in [0.1, 0.15) is 16.7 Å². The first-order chi connectivity index (χ1) is 12.4. The number of hydrogen-bond donors (Lipinski definition) is 1. The van der Waals surface area contributed by atoms with E-state index in [9.17, 15) is 13.6 Å². The second-order valence-electron chi connectivity index (χ2n) is 6.22. The fraction of sp³-hybridized carbons (Fsp3) is 0.350. The summed E-state index contributed by atoms with van der Waals surface area (Å²) in [6, 6.07) is 14.5. The zero-order valence-corrected chi connectivity index (χ0v) is 15.0. The molecule has 0 saturated carbocycles. The minimum Gasteiger partial charge on any atom is -0.435 e. The Balaban J connectivity index is 1.70. The van der Waals surface area contributed by atoms with E-state index in [1.807, 2.05) is 24.1 Å². The number of nitrogens with one attached hydrogen (secondary N) is 1. The number of carbonyl (C=O) groups excluding carboxylic acids is 1. The molecule has 0 aromatic heterocycles. The summed E-state index contributed by atoms with van der Waals surface area (Å²) in [5.74, 6) is 0.0874. The number of hydrogen-bond acceptors (Lipinski definition) is 3. The van der Waals surface area contributed by atoms with E-state index in [1.54, 1.807) is 12.1 Å². The lowest BCUT2D eigenvalue weighted by atomic mass is 10.1. The largest absolute Gasteiger partial charge is 0.435 e. The molecule has 0 spiro atoms. The van der Waals surface area contributed by atoms with Crippen molar-refractivity contribution in [1.29, 1.82) is 0 Å². The van der Waals surface area contributed by atoms with Gasteiger partial charge in [-0.05, 0) is 49.2 Å². The number of rotatable bonds is 9. The lowest BCUT2D eigenvalue weighted by Crippen LogP contribution is -2.35. The molecule has 0 aliphatic rings. The Hall–Kier alpha value is -2.47. The van der Waals surface area contributed by atoms with Crippen molar-refractivity contribution in [1.82, 2.24) is 10.2 Å². The number of carbonyl (C=O) groups is 1. The Bertz CT molecular complexity index is 705. The van der Waals surface area contributed by atoms with Crippen molar-refractivity contribution < 1.29 is 18.3 Å². The van der Waals surface area contributed by atoms with E-state index in [4.69, 9.17) is 0 Å². The third-order valence-corrected chi connectivity index (χ3v) is 4.00. The zero-order valence-electron chi connectivity index (χ0n) is 15.0. The number of alkyl halides is 2. The molecule has 1 N–H and O–H groups in total. The van der Waals surface area contributed by atoms with Crippen LogP contribution in [0, 0.1) is 6.92 Å². The van der Waals surface area contributed by atoms with E-state index in [-0.39, 0.29) is 11.7 Å². The number of amides is 1. The first kappa shape index (κ1) is 19.8. The van der Waals surface area contributed by atoms with Crippen molar-refractivity contribution in [3.05, 3.63) is 65.2 Å². The van der Waals surface area contributed by atoms with Gasteiger partial charge in [0.2, 0.25) is 5.91 Å². The van der Waals surface area contributed by atoms with Gasteiger partial charge in [0, 0.05) is 13.1 Å². The second-order valence-corrected chi connectivity index (χ2v) is 6.22. The molecule has 26 heavy (non-hydrogen) atoms. The van der Waals surface area contributed by atoms with E-state index in [0.29, 0.717) is 26.1 Å². The second kappa shape index (κ2) is 9.87. The molecule has 4 nitrogen and oxygen atoms in total. The van der Waals surface area contributed by atoms with Crippen molar-refractivity contribution >= 4 is 5.91 Å². The molecule has 2 aromatic rings. The summed E-state index contributed by atoms with van der Waals surface area (Å²) in [5.41, 5.74) is 3.35. The lowest BCUT2D eigenvalue weighted by molar-refractivity contribution is -0.122. The maximum atomic E-state index is 12.1. The van der Waals surface area contributed by atoms with E-state index < -0.39 is 6.61 Å². The van der Waals surface area contributed by atoms with Crippen molar-refractivity contribution in [3.8, 4) is 5.75 Å². The highest BCUT2D eigenvalue weighted by Crippen LogP contribution is 2.15. The Kier molecular flexibility index (Phi) is 7.53. The first-order valence-corrected chi connectivity index (χ1v) is 8.47. The number of likely N-dealkylation sites (N-methyl/N-ethyl adjacent to an activating group) is 1. The molecular weight excluding hydrogens is 338 g/mol. The van der Waals surface area contributed by atoms with Gasteiger partial charge in [-0.3, -0.25) is 9.69 Å². The summed E-state index contributed by atoms with van der Waals surface area (Å²) in [7, 11) is 1.91.